The van der Waals surface area contributed by atoms with Crippen molar-refractivity contribution < 1.29 is 18.3 Å². The van der Waals surface area contributed by atoms with Crippen LogP contribution in [0, 0.1) is 0 Å². The molecule has 0 radical (unpaired) electrons. The SMILES string of the molecule is CCS(=O)(=O)[C@@H](Br)[C@@H](O)c1ccc(OC)cc1. The van der Waals surface area contributed by atoms with E-state index in [1.807, 2.05) is 0 Å². The van der Waals surface area contributed by atoms with Crippen molar-refractivity contribution in [3.63, 3.8) is 0 Å². The molecule has 0 fully saturated rings. The fourth-order valence-electron chi connectivity index (χ4n) is 1.31. The third-order valence-electron chi connectivity index (χ3n) is 2.45. The Hall–Kier alpha value is -0.590. The molecule has 0 unspecified atom stereocenters. The first-order valence-corrected chi connectivity index (χ1v) is 7.73. The van der Waals surface area contributed by atoms with Gasteiger partial charge in [-0.1, -0.05) is 35.0 Å². The van der Waals surface area contributed by atoms with Gasteiger partial charge in [0.15, 0.2) is 9.84 Å². The molecule has 1 N–H and O–H groups in total. The number of hydrogen-bond donors (Lipinski definition) is 1. The molecule has 96 valence electrons. The lowest BCUT2D eigenvalue weighted by atomic mass is 10.1. The molecule has 0 saturated carbocycles. The number of rotatable bonds is 5. The van der Waals surface area contributed by atoms with Crippen molar-refractivity contribution in [2.75, 3.05) is 12.9 Å². The van der Waals surface area contributed by atoms with Crippen LogP contribution in [0.4, 0.5) is 0 Å². The predicted molar refractivity (Wildman–Crippen MR) is 70.1 cm³/mol. The highest BCUT2D eigenvalue weighted by molar-refractivity contribution is 9.11. The highest BCUT2D eigenvalue weighted by atomic mass is 79.9. The van der Waals surface area contributed by atoms with E-state index in [1.54, 1.807) is 38.3 Å². The van der Waals surface area contributed by atoms with E-state index in [0.29, 0.717) is 11.3 Å². The summed E-state index contributed by atoms with van der Waals surface area (Å²) < 4.78 is 27.2. The van der Waals surface area contributed by atoms with Crippen LogP contribution >= 0.6 is 15.9 Å². The van der Waals surface area contributed by atoms with Crippen molar-refractivity contribution >= 4 is 25.8 Å². The molecule has 0 bridgehead atoms. The molecule has 0 amide bonds. The molecule has 4 nitrogen and oxygen atoms in total. The van der Waals surface area contributed by atoms with E-state index in [2.05, 4.69) is 15.9 Å². The van der Waals surface area contributed by atoms with Crippen molar-refractivity contribution in [2.45, 2.75) is 17.2 Å². The van der Waals surface area contributed by atoms with Gasteiger partial charge in [0.1, 0.15) is 16.0 Å². The Balaban J connectivity index is 2.92. The lowest BCUT2D eigenvalue weighted by Gasteiger charge is -2.17. The standard InChI is InChI=1S/C11H15BrO4S/c1-3-17(14,15)11(12)10(13)8-4-6-9(16-2)7-5-8/h4-7,10-11,13H,3H2,1-2H3/t10-,11+/m0/s1. The number of benzene rings is 1. The van der Waals surface area contributed by atoms with Crippen molar-refractivity contribution in [3.05, 3.63) is 29.8 Å². The van der Waals surface area contributed by atoms with Crippen LogP contribution in [-0.4, -0.2) is 30.5 Å². The first-order valence-electron chi connectivity index (χ1n) is 5.10. The van der Waals surface area contributed by atoms with Gasteiger partial charge in [0.25, 0.3) is 0 Å². The van der Waals surface area contributed by atoms with E-state index in [-0.39, 0.29) is 5.75 Å². The predicted octanol–water partition coefficient (Wildman–Crippen LogP) is 1.88. The Morgan fingerprint density at radius 2 is 1.88 bits per heavy atom. The number of aliphatic hydroxyl groups excluding tert-OH is 1. The summed E-state index contributed by atoms with van der Waals surface area (Å²) in [7, 11) is -1.78. The number of alkyl halides is 1. The van der Waals surface area contributed by atoms with E-state index < -0.39 is 20.1 Å². The molecule has 0 aliphatic heterocycles. The van der Waals surface area contributed by atoms with Crippen molar-refractivity contribution in [3.8, 4) is 5.75 Å². The Labute approximate surface area is 110 Å². The average molecular weight is 323 g/mol. The normalized spacial score (nSPS) is 15.3. The fraction of sp³-hybridized carbons (Fsp3) is 0.455. The number of sulfone groups is 1. The lowest BCUT2D eigenvalue weighted by Crippen LogP contribution is -2.24. The second kappa shape index (κ2) is 5.84. The van der Waals surface area contributed by atoms with Crippen LogP contribution in [0.1, 0.15) is 18.6 Å². The van der Waals surface area contributed by atoms with Crippen molar-refractivity contribution in [2.24, 2.45) is 0 Å². The van der Waals surface area contributed by atoms with Crippen LogP contribution in [0.3, 0.4) is 0 Å². The minimum Gasteiger partial charge on any atom is -0.497 e. The van der Waals surface area contributed by atoms with E-state index in [1.165, 1.54) is 0 Å². The molecule has 0 heterocycles. The van der Waals surface area contributed by atoms with E-state index in [9.17, 15) is 13.5 Å². The minimum atomic E-state index is -3.33. The largest absolute Gasteiger partial charge is 0.497 e. The second-order valence-corrected chi connectivity index (χ2v) is 7.52. The molecule has 1 rings (SSSR count). The van der Waals surface area contributed by atoms with Crippen LogP contribution in [0.2, 0.25) is 0 Å². The van der Waals surface area contributed by atoms with E-state index >= 15 is 0 Å². The molecule has 0 spiro atoms. The van der Waals surface area contributed by atoms with E-state index in [0.717, 1.165) is 0 Å². The van der Waals surface area contributed by atoms with Gasteiger partial charge in [-0.2, -0.15) is 0 Å². The molecular weight excluding hydrogens is 308 g/mol. The summed E-state index contributed by atoms with van der Waals surface area (Å²) in [4.78, 5) is 0. The van der Waals surface area contributed by atoms with Crippen molar-refractivity contribution in [1.82, 2.24) is 0 Å². The quantitative estimate of drug-likeness (QED) is 0.841. The molecule has 17 heavy (non-hydrogen) atoms. The maximum absolute atomic E-state index is 11.6. The zero-order valence-electron chi connectivity index (χ0n) is 9.63. The molecule has 1 aromatic rings. The molecule has 6 heteroatoms. The summed E-state index contributed by atoms with van der Waals surface area (Å²) in [5.74, 6) is 0.640. The summed E-state index contributed by atoms with van der Waals surface area (Å²) >= 11 is 3.03. The van der Waals surface area contributed by atoms with Gasteiger partial charge in [-0.05, 0) is 17.7 Å². The maximum atomic E-state index is 11.6. The van der Waals surface area contributed by atoms with Gasteiger partial charge in [-0.3, -0.25) is 0 Å². The summed E-state index contributed by atoms with van der Waals surface area (Å²) in [5.41, 5.74) is 0.532. The highest BCUT2D eigenvalue weighted by Crippen LogP contribution is 2.28. The van der Waals surface area contributed by atoms with Crippen LogP contribution in [-0.2, 0) is 9.84 Å². The summed E-state index contributed by atoms with van der Waals surface area (Å²) in [6, 6.07) is 6.64. The number of aliphatic hydroxyl groups is 1. The number of ether oxygens (including phenoxy) is 1. The van der Waals surface area contributed by atoms with Gasteiger partial charge < -0.3 is 9.84 Å². The highest BCUT2D eigenvalue weighted by Gasteiger charge is 2.29. The second-order valence-electron chi connectivity index (χ2n) is 3.52. The van der Waals surface area contributed by atoms with Crippen LogP contribution in [0.25, 0.3) is 0 Å². The van der Waals surface area contributed by atoms with Crippen LogP contribution in [0.15, 0.2) is 24.3 Å². The molecule has 0 aliphatic carbocycles. The first-order chi connectivity index (χ1) is 7.92. The summed E-state index contributed by atoms with van der Waals surface area (Å²) in [6.45, 7) is 1.55. The zero-order chi connectivity index (χ0) is 13.1. The van der Waals surface area contributed by atoms with Gasteiger partial charge in [-0.25, -0.2) is 8.42 Å². The Morgan fingerprint density at radius 1 is 1.35 bits per heavy atom. The number of methoxy groups -OCH3 is 1. The smallest absolute Gasteiger partial charge is 0.165 e. The topological polar surface area (TPSA) is 63.6 Å². The fourth-order valence-corrected chi connectivity index (χ4v) is 3.27. The van der Waals surface area contributed by atoms with Gasteiger partial charge in [0.2, 0.25) is 0 Å². The van der Waals surface area contributed by atoms with Crippen LogP contribution in [0.5, 0.6) is 5.75 Å². The minimum absolute atomic E-state index is 0.0177. The summed E-state index contributed by atoms with van der Waals surface area (Å²) in [5, 5.41) is 9.95. The van der Waals surface area contributed by atoms with Gasteiger partial charge in [-0.15, -0.1) is 0 Å². The molecule has 2 atom stereocenters. The molecule has 0 aliphatic rings. The molecular formula is C11H15BrO4S. The van der Waals surface area contributed by atoms with Crippen LogP contribution < -0.4 is 4.74 Å². The molecule has 0 aromatic heterocycles. The van der Waals surface area contributed by atoms with Gasteiger partial charge >= 0.3 is 0 Å². The Bertz CT molecular complexity index is 455. The average Bonchev–Trinajstić information content (AvgIpc) is 2.37. The Morgan fingerprint density at radius 3 is 2.29 bits per heavy atom. The number of hydrogen-bond acceptors (Lipinski definition) is 4. The zero-order valence-corrected chi connectivity index (χ0v) is 12.0. The van der Waals surface area contributed by atoms with Crippen molar-refractivity contribution in [1.29, 1.82) is 0 Å². The Kier molecular flexibility index (Phi) is 4.97. The molecule has 0 saturated heterocycles. The third-order valence-corrected chi connectivity index (χ3v) is 6.41. The first kappa shape index (κ1) is 14.5. The lowest BCUT2D eigenvalue weighted by molar-refractivity contribution is 0.195. The monoisotopic (exact) mass is 322 g/mol. The molecule has 1 aromatic carbocycles. The third kappa shape index (κ3) is 3.43. The number of halogens is 1. The van der Waals surface area contributed by atoms with Gasteiger partial charge in [0, 0.05) is 5.75 Å². The summed E-state index contributed by atoms with van der Waals surface area (Å²) in [6.07, 6.45) is -1.09. The maximum Gasteiger partial charge on any atom is 0.165 e. The van der Waals surface area contributed by atoms with E-state index in [4.69, 9.17) is 4.74 Å². The van der Waals surface area contributed by atoms with Gasteiger partial charge in [0.05, 0.1) is 7.11 Å².